The van der Waals surface area contributed by atoms with Gasteiger partial charge >= 0.3 is 0 Å². The first-order valence-corrected chi connectivity index (χ1v) is 11.4. The van der Waals surface area contributed by atoms with Gasteiger partial charge in [-0.2, -0.15) is 5.10 Å². The molecule has 1 aromatic heterocycles. The third kappa shape index (κ3) is 2.49. The van der Waals surface area contributed by atoms with E-state index < -0.39 is 5.60 Å². The summed E-state index contributed by atoms with van der Waals surface area (Å²) in [6, 6.07) is 6.60. The lowest BCUT2D eigenvalue weighted by Gasteiger charge is -2.48. The molecule has 2 aromatic rings. The van der Waals surface area contributed by atoms with Crippen molar-refractivity contribution in [2.45, 2.75) is 63.9 Å². The lowest BCUT2D eigenvalue weighted by atomic mass is 9.58. The molecule has 1 heterocycles. The molecule has 3 unspecified atom stereocenters. The number of hydrogen-bond acceptors (Lipinski definition) is 2. The van der Waals surface area contributed by atoms with Crippen LogP contribution in [0, 0.1) is 17.3 Å². The second kappa shape index (κ2) is 6.18. The normalized spacial score (nSPS) is 36.4. The van der Waals surface area contributed by atoms with Gasteiger partial charge in [0.2, 0.25) is 0 Å². The number of aromatic amines is 1. The van der Waals surface area contributed by atoms with Gasteiger partial charge in [0.15, 0.2) is 0 Å². The maximum atomic E-state index is 12.1. The van der Waals surface area contributed by atoms with Crippen LogP contribution in [0.25, 0.3) is 16.5 Å². The quantitative estimate of drug-likeness (QED) is 0.637. The number of aliphatic hydroxyl groups is 1. The van der Waals surface area contributed by atoms with E-state index in [2.05, 4.69) is 53.5 Å². The second-order valence-corrected chi connectivity index (χ2v) is 9.98. The van der Waals surface area contributed by atoms with Gasteiger partial charge in [0.05, 0.1) is 17.3 Å². The molecular weight excluding hydrogens is 356 g/mol. The Morgan fingerprint density at radius 1 is 1.17 bits per heavy atom. The van der Waals surface area contributed by atoms with Crippen LogP contribution in [0.4, 0.5) is 0 Å². The average Bonchev–Trinajstić information content (AvgIpc) is 3.30. The number of nitrogens with zero attached hydrogens (tertiary/aromatic N) is 1. The van der Waals surface area contributed by atoms with Crippen molar-refractivity contribution in [1.29, 1.82) is 0 Å². The van der Waals surface area contributed by atoms with Crippen molar-refractivity contribution in [2.75, 3.05) is 0 Å². The third-order valence-corrected chi connectivity index (χ3v) is 8.52. The van der Waals surface area contributed by atoms with Crippen LogP contribution in [0.15, 0.2) is 53.8 Å². The zero-order valence-corrected chi connectivity index (χ0v) is 17.2. The maximum absolute atomic E-state index is 12.1. The van der Waals surface area contributed by atoms with Crippen molar-refractivity contribution in [3.63, 3.8) is 0 Å². The van der Waals surface area contributed by atoms with E-state index in [1.54, 1.807) is 5.57 Å². The van der Waals surface area contributed by atoms with Crippen LogP contribution in [0.5, 0.6) is 0 Å². The van der Waals surface area contributed by atoms with Crippen LogP contribution in [0.2, 0.25) is 0 Å². The fourth-order valence-electron chi connectivity index (χ4n) is 6.87. The van der Waals surface area contributed by atoms with Gasteiger partial charge in [-0.05, 0) is 79.7 Å². The Kier molecular flexibility index (Phi) is 3.78. The summed E-state index contributed by atoms with van der Waals surface area (Å²) in [6.45, 7) is 2.38. The summed E-state index contributed by atoms with van der Waals surface area (Å²) >= 11 is 0. The minimum atomic E-state index is -0.685. The molecule has 1 aromatic carbocycles. The molecule has 150 valence electrons. The highest BCUT2D eigenvalue weighted by atomic mass is 16.3. The molecule has 4 aliphatic carbocycles. The Morgan fingerprint density at radius 2 is 2.10 bits per heavy atom. The highest BCUT2D eigenvalue weighted by molar-refractivity contribution is 5.85. The van der Waals surface area contributed by atoms with Crippen molar-refractivity contribution in [3.8, 4) is 0 Å². The first-order valence-electron chi connectivity index (χ1n) is 11.4. The molecule has 0 spiro atoms. The Labute approximate surface area is 172 Å². The van der Waals surface area contributed by atoms with Gasteiger partial charge in [0, 0.05) is 16.7 Å². The van der Waals surface area contributed by atoms with Gasteiger partial charge in [0.1, 0.15) is 0 Å². The molecule has 0 bridgehead atoms. The van der Waals surface area contributed by atoms with E-state index in [1.807, 2.05) is 6.20 Å². The fourth-order valence-corrected chi connectivity index (χ4v) is 6.87. The minimum absolute atomic E-state index is 0.0102. The topological polar surface area (TPSA) is 48.9 Å². The van der Waals surface area contributed by atoms with Crippen molar-refractivity contribution < 1.29 is 5.11 Å². The van der Waals surface area contributed by atoms with Crippen LogP contribution in [-0.4, -0.2) is 20.9 Å². The number of hydrogen-bond donors (Lipinski definition) is 2. The van der Waals surface area contributed by atoms with Crippen molar-refractivity contribution >= 4 is 16.5 Å². The number of aromatic nitrogens is 2. The van der Waals surface area contributed by atoms with E-state index in [9.17, 15) is 5.11 Å². The minimum Gasteiger partial charge on any atom is -0.385 e. The van der Waals surface area contributed by atoms with Crippen LogP contribution in [0.3, 0.4) is 0 Å². The number of fused-ring (bicyclic) bond motifs is 5. The zero-order valence-electron chi connectivity index (χ0n) is 17.2. The Bertz CT molecular complexity index is 1070. The maximum Gasteiger partial charge on any atom is 0.0933 e. The molecule has 0 aliphatic heterocycles. The van der Waals surface area contributed by atoms with E-state index in [4.69, 9.17) is 0 Å². The number of benzene rings is 1. The van der Waals surface area contributed by atoms with Crippen LogP contribution in [-0.2, 0) is 0 Å². The van der Waals surface area contributed by atoms with Gasteiger partial charge in [-0.25, -0.2) is 0 Å². The van der Waals surface area contributed by atoms with Gasteiger partial charge in [-0.15, -0.1) is 0 Å². The van der Waals surface area contributed by atoms with E-state index >= 15 is 0 Å². The summed E-state index contributed by atoms with van der Waals surface area (Å²) in [4.78, 5) is 0. The Morgan fingerprint density at radius 3 is 3.03 bits per heavy atom. The summed E-state index contributed by atoms with van der Waals surface area (Å²) in [6.07, 6.45) is 18.3. The predicted molar refractivity (Wildman–Crippen MR) is 117 cm³/mol. The van der Waals surface area contributed by atoms with Gasteiger partial charge in [-0.3, -0.25) is 5.10 Å². The SMILES string of the molecule is CC12CC=C3C=C4CCCCC4CC[C@]3(O)C1CC=C2c1ccc2[nH]ncc2c1. The summed E-state index contributed by atoms with van der Waals surface area (Å²) in [5.41, 5.74) is 5.90. The third-order valence-electron chi connectivity index (χ3n) is 8.52. The average molecular weight is 387 g/mol. The first-order chi connectivity index (χ1) is 14.1. The monoisotopic (exact) mass is 386 g/mol. The molecule has 6 rings (SSSR count). The Balaban J connectivity index is 1.40. The molecule has 3 nitrogen and oxygen atoms in total. The standard InChI is InChI=1S/C26H30N2O/c1-25-12-11-21-15-18-5-3-2-4-17(18)10-13-26(21,29)24(25)9-7-22(25)19-6-8-23-20(14-19)16-27-28-23/h6-8,11,14-17,24,29H,2-5,9-10,12-13H2,1H3,(H,27,28)/t17?,24?,25?,26-/m1/s1. The summed E-state index contributed by atoms with van der Waals surface area (Å²) in [5, 5.41) is 20.5. The molecule has 1 fully saturated rings. The molecule has 3 heteroatoms. The van der Waals surface area contributed by atoms with Crippen molar-refractivity contribution in [2.24, 2.45) is 17.3 Å². The zero-order chi connectivity index (χ0) is 19.6. The number of allylic oxidation sites excluding steroid dienone is 4. The molecular formula is C26H30N2O. The van der Waals surface area contributed by atoms with E-state index in [0.29, 0.717) is 5.92 Å². The fraction of sp³-hybridized carbons (Fsp3) is 0.500. The van der Waals surface area contributed by atoms with E-state index in [1.165, 1.54) is 42.4 Å². The summed E-state index contributed by atoms with van der Waals surface area (Å²) in [5.74, 6) is 0.963. The largest absolute Gasteiger partial charge is 0.385 e. The smallest absolute Gasteiger partial charge is 0.0933 e. The lowest BCUT2D eigenvalue weighted by molar-refractivity contribution is -0.0327. The highest BCUT2D eigenvalue weighted by Crippen LogP contribution is 2.61. The number of H-pyrrole nitrogens is 1. The van der Waals surface area contributed by atoms with Crippen LogP contribution >= 0.6 is 0 Å². The predicted octanol–water partition coefficient (Wildman–Crippen LogP) is 5.94. The molecule has 0 saturated heterocycles. The van der Waals surface area contributed by atoms with E-state index in [0.717, 1.165) is 36.6 Å². The second-order valence-electron chi connectivity index (χ2n) is 9.98. The Hall–Kier alpha value is -2.13. The molecule has 1 saturated carbocycles. The van der Waals surface area contributed by atoms with Crippen molar-refractivity contribution in [3.05, 3.63) is 59.3 Å². The summed E-state index contributed by atoms with van der Waals surface area (Å²) in [7, 11) is 0. The van der Waals surface area contributed by atoms with E-state index in [-0.39, 0.29) is 11.3 Å². The van der Waals surface area contributed by atoms with Gasteiger partial charge in [-0.1, -0.05) is 43.2 Å². The molecule has 2 N–H and O–H groups in total. The lowest BCUT2D eigenvalue weighted by Crippen LogP contribution is -2.48. The number of nitrogens with one attached hydrogen (secondary N) is 1. The van der Waals surface area contributed by atoms with Gasteiger partial charge in [0.25, 0.3) is 0 Å². The molecule has 29 heavy (non-hydrogen) atoms. The molecule has 4 aliphatic rings. The highest BCUT2D eigenvalue weighted by Gasteiger charge is 2.55. The number of rotatable bonds is 1. The first kappa shape index (κ1) is 17.7. The van der Waals surface area contributed by atoms with Crippen LogP contribution < -0.4 is 0 Å². The summed E-state index contributed by atoms with van der Waals surface area (Å²) < 4.78 is 0. The van der Waals surface area contributed by atoms with Crippen LogP contribution in [0.1, 0.15) is 63.9 Å². The van der Waals surface area contributed by atoms with Gasteiger partial charge < -0.3 is 5.11 Å². The molecule has 0 amide bonds. The van der Waals surface area contributed by atoms with Crippen molar-refractivity contribution in [1.82, 2.24) is 10.2 Å². The molecule has 4 atom stereocenters. The molecule has 0 radical (unpaired) electrons.